The lowest BCUT2D eigenvalue weighted by atomic mass is 10.3. The van der Waals surface area contributed by atoms with Gasteiger partial charge in [-0.25, -0.2) is 0 Å². The summed E-state index contributed by atoms with van der Waals surface area (Å²) >= 11 is 0. The van der Waals surface area contributed by atoms with Crippen LogP contribution in [0.1, 0.15) is 0 Å². The second-order valence-corrected chi connectivity index (χ2v) is 1.98. The summed E-state index contributed by atoms with van der Waals surface area (Å²) < 4.78 is 58.1. The molecule has 0 aliphatic heterocycles. The van der Waals surface area contributed by atoms with E-state index in [-0.39, 0.29) is 6.07 Å². The van der Waals surface area contributed by atoms with Crippen LogP contribution in [0, 0.1) is 11.3 Å². The first-order valence-electron chi connectivity index (χ1n) is 2.83. The van der Waals surface area contributed by atoms with Crippen LogP contribution < -0.4 is 5.32 Å². The van der Waals surface area contributed by atoms with Crippen LogP contribution in [0.15, 0.2) is 0 Å². The van der Waals surface area contributed by atoms with Crippen LogP contribution in [0.25, 0.3) is 0 Å². The van der Waals surface area contributed by atoms with Crippen LogP contribution in [0.2, 0.25) is 0 Å². The van der Waals surface area contributed by atoms with E-state index in [0.29, 0.717) is 0 Å². The Hall–Kier alpha value is -1.39. The molecule has 0 saturated carbocycles. The summed E-state index contributed by atoms with van der Waals surface area (Å²) in [5, 5.41) is 8.53. The van der Waals surface area contributed by atoms with Gasteiger partial charge in [-0.15, -0.1) is 0 Å². The molecule has 1 amide bonds. The molecule has 0 radical (unpaired) electrons. The average Bonchev–Trinajstić information content (AvgIpc) is 1.98. The minimum absolute atomic E-state index is 0.265. The van der Waals surface area contributed by atoms with Crippen LogP contribution in [-0.4, -0.2) is 24.6 Å². The molecule has 0 aromatic carbocycles. The van der Waals surface area contributed by atoms with Crippen LogP contribution >= 0.6 is 0 Å². The summed E-state index contributed by atoms with van der Waals surface area (Å²) in [4.78, 5) is 10.2. The maximum absolute atomic E-state index is 12.0. The van der Waals surface area contributed by atoms with Crippen molar-refractivity contribution in [3.05, 3.63) is 0 Å². The van der Waals surface area contributed by atoms with Gasteiger partial charge in [-0.1, -0.05) is 0 Å². The Morgan fingerprint density at radius 1 is 1.31 bits per heavy atom. The van der Waals surface area contributed by atoms with E-state index in [4.69, 9.17) is 5.26 Å². The Labute approximate surface area is 69.1 Å². The van der Waals surface area contributed by atoms with Crippen LogP contribution in [0.3, 0.4) is 0 Å². The highest BCUT2D eigenvalue weighted by Gasteiger charge is 2.40. The minimum Gasteiger partial charge on any atom is -0.341 e. The predicted molar refractivity (Wildman–Crippen MR) is 29.6 cm³/mol. The molecule has 0 heterocycles. The summed E-state index contributed by atoms with van der Waals surface area (Å²) in [5.41, 5.74) is 0. The van der Waals surface area contributed by atoms with Crippen molar-refractivity contribution < 1.29 is 26.7 Å². The minimum atomic E-state index is -4.78. The number of hydrogen-bond acceptors (Lipinski definition) is 2. The molecule has 3 nitrogen and oxygen atoms in total. The summed E-state index contributed by atoms with van der Waals surface area (Å²) in [6, 6.07) is 0.265. The molecular weight excluding hydrogens is 199 g/mol. The van der Waals surface area contributed by atoms with Crippen molar-refractivity contribution in [1.29, 1.82) is 5.26 Å². The van der Waals surface area contributed by atoms with Crippen molar-refractivity contribution in [2.75, 3.05) is 6.54 Å². The fourth-order valence-corrected chi connectivity index (χ4v) is 0.342. The second-order valence-electron chi connectivity index (χ2n) is 1.98. The normalized spacial score (nSPS) is 12.0. The number of amides is 1. The number of carbonyl (C=O) groups is 1. The van der Waals surface area contributed by atoms with Crippen molar-refractivity contribution >= 4 is 5.91 Å². The summed E-state index contributed by atoms with van der Waals surface area (Å²) in [6.07, 6.45) is -4.78. The van der Waals surface area contributed by atoms with E-state index in [2.05, 4.69) is 0 Å². The molecule has 0 aliphatic rings. The lowest BCUT2D eigenvalue weighted by molar-refractivity contribution is -0.149. The van der Waals surface area contributed by atoms with Gasteiger partial charge in [-0.2, -0.15) is 27.2 Å². The smallest absolute Gasteiger partial charge is 0.341 e. The molecule has 0 unspecified atom stereocenters. The van der Waals surface area contributed by atoms with Crippen LogP contribution in [0.5, 0.6) is 0 Å². The highest BCUT2D eigenvalue weighted by Crippen LogP contribution is 2.15. The van der Waals surface area contributed by atoms with E-state index >= 15 is 0 Å². The third-order valence-electron chi connectivity index (χ3n) is 0.875. The Kier molecular flexibility index (Phi) is 3.17. The van der Waals surface area contributed by atoms with E-state index in [9.17, 15) is 26.7 Å². The molecule has 74 valence electrons. The molecule has 0 rings (SSSR count). The first kappa shape index (κ1) is 11.6. The molecule has 0 saturated heterocycles. The van der Waals surface area contributed by atoms with Gasteiger partial charge >= 0.3 is 18.0 Å². The Morgan fingerprint density at radius 3 is 2.08 bits per heavy atom. The Morgan fingerprint density at radius 2 is 1.77 bits per heavy atom. The average molecular weight is 202 g/mol. The lowest BCUT2D eigenvalue weighted by Gasteiger charge is -2.10. The number of carbonyl (C=O) groups excluding carboxylic acids is 1. The third-order valence-corrected chi connectivity index (χ3v) is 0.875. The summed E-state index contributed by atoms with van der Waals surface area (Å²) in [5.74, 6) is -6.68. The monoisotopic (exact) mass is 202 g/mol. The third kappa shape index (κ3) is 4.25. The number of nitrogens with zero attached hydrogens (tertiary/aromatic N) is 1. The first-order valence-corrected chi connectivity index (χ1v) is 2.83. The van der Waals surface area contributed by atoms with Gasteiger partial charge in [0.1, 0.15) is 12.6 Å². The molecule has 0 aromatic rings. The van der Waals surface area contributed by atoms with E-state index in [1.54, 1.807) is 0 Å². The van der Waals surface area contributed by atoms with Crippen molar-refractivity contribution in [3.8, 4) is 6.07 Å². The molecule has 0 aliphatic carbocycles. The van der Waals surface area contributed by atoms with Gasteiger partial charge in [0.05, 0.1) is 0 Å². The fraction of sp³-hybridized carbons (Fsp3) is 0.600. The topological polar surface area (TPSA) is 52.9 Å². The molecular formula is C5H3F5N2O. The number of alkyl halides is 5. The van der Waals surface area contributed by atoms with Gasteiger partial charge < -0.3 is 5.32 Å². The quantitative estimate of drug-likeness (QED) is 0.674. The second kappa shape index (κ2) is 3.55. The lowest BCUT2D eigenvalue weighted by Crippen LogP contribution is -2.43. The number of nitriles is 1. The largest absolute Gasteiger partial charge is 0.408 e. The zero-order chi connectivity index (χ0) is 10.7. The predicted octanol–water partition coefficient (Wildman–Crippen LogP) is 0.824. The molecule has 0 atom stereocenters. The SMILES string of the molecule is N#CC(F)(F)C(=O)NCC(F)(F)F. The summed E-state index contributed by atoms with van der Waals surface area (Å²) in [7, 11) is 0. The van der Waals surface area contributed by atoms with Gasteiger partial charge in [0.25, 0.3) is 0 Å². The van der Waals surface area contributed by atoms with Crippen LogP contribution in [0.4, 0.5) is 22.0 Å². The highest BCUT2D eigenvalue weighted by molar-refractivity contribution is 5.86. The fourth-order valence-electron chi connectivity index (χ4n) is 0.342. The van der Waals surface area contributed by atoms with Gasteiger partial charge in [-0.3, -0.25) is 4.79 Å². The van der Waals surface area contributed by atoms with Gasteiger partial charge in [0, 0.05) is 0 Å². The zero-order valence-electron chi connectivity index (χ0n) is 5.95. The molecule has 0 bridgehead atoms. The maximum atomic E-state index is 12.0. The van der Waals surface area contributed by atoms with Gasteiger partial charge in [0.15, 0.2) is 0 Å². The number of halogens is 5. The van der Waals surface area contributed by atoms with Gasteiger partial charge in [-0.05, 0) is 0 Å². The molecule has 0 fully saturated rings. The van der Waals surface area contributed by atoms with Crippen molar-refractivity contribution in [2.24, 2.45) is 0 Å². The van der Waals surface area contributed by atoms with Crippen molar-refractivity contribution in [1.82, 2.24) is 5.32 Å². The number of nitrogens with one attached hydrogen (secondary N) is 1. The first-order chi connectivity index (χ1) is 5.69. The molecule has 13 heavy (non-hydrogen) atoms. The molecule has 0 spiro atoms. The van der Waals surface area contributed by atoms with Crippen molar-refractivity contribution in [2.45, 2.75) is 12.1 Å². The van der Waals surface area contributed by atoms with E-state index in [1.807, 2.05) is 0 Å². The standard InChI is InChI=1S/C5H3F5N2O/c6-4(7,1-11)3(13)12-2-5(8,9)10/h2H2,(H,12,13). The molecule has 1 N–H and O–H groups in total. The van der Waals surface area contributed by atoms with Crippen LogP contribution in [-0.2, 0) is 4.79 Å². The number of rotatable bonds is 2. The zero-order valence-corrected chi connectivity index (χ0v) is 5.95. The van der Waals surface area contributed by atoms with Crippen molar-refractivity contribution in [3.63, 3.8) is 0 Å². The highest BCUT2D eigenvalue weighted by atomic mass is 19.4. The maximum Gasteiger partial charge on any atom is 0.408 e. The molecule has 8 heteroatoms. The summed E-state index contributed by atoms with van der Waals surface area (Å²) in [6.45, 7) is -1.89. The van der Waals surface area contributed by atoms with Gasteiger partial charge in [0.2, 0.25) is 0 Å². The van der Waals surface area contributed by atoms with E-state index in [0.717, 1.165) is 5.32 Å². The van der Waals surface area contributed by atoms with E-state index < -0.39 is 24.6 Å². The van der Waals surface area contributed by atoms with E-state index in [1.165, 1.54) is 0 Å². The molecule has 0 aromatic heterocycles. The Bertz CT molecular complexity index is 240. The Balaban J connectivity index is 4.13. The number of hydrogen-bond donors (Lipinski definition) is 1.